The van der Waals surface area contributed by atoms with Crippen molar-refractivity contribution in [1.29, 1.82) is 0 Å². The van der Waals surface area contributed by atoms with Gasteiger partial charge < -0.3 is 10.6 Å². The van der Waals surface area contributed by atoms with E-state index in [1.807, 2.05) is 12.1 Å². The van der Waals surface area contributed by atoms with Gasteiger partial charge in [0.05, 0.1) is 15.7 Å². The van der Waals surface area contributed by atoms with E-state index >= 15 is 0 Å². The second-order valence-electron chi connectivity index (χ2n) is 3.65. The lowest BCUT2D eigenvalue weighted by Crippen LogP contribution is -2.00. The summed E-state index contributed by atoms with van der Waals surface area (Å²) in [4.78, 5) is 4.33. The van der Waals surface area contributed by atoms with Crippen molar-refractivity contribution in [2.75, 3.05) is 17.7 Å². The van der Waals surface area contributed by atoms with Gasteiger partial charge >= 0.3 is 0 Å². The maximum atomic E-state index is 6.13. The topological polar surface area (TPSA) is 37.0 Å². The Hall–Kier alpha value is -0.430. The van der Waals surface area contributed by atoms with Gasteiger partial charge in [-0.15, -0.1) is 0 Å². The van der Waals surface area contributed by atoms with Gasteiger partial charge in [-0.1, -0.05) is 34.8 Å². The minimum Gasteiger partial charge on any atom is -0.372 e. The summed E-state index contributed by atoms with van der Waals surface area (Å²) in [5.41, 5.74) is 0.878. The number of nitrogens with zero attached hydrogens (tertiary/aromatic N) is 1. The maximum Gasteiger partial charge on any atom is 0.151 e. The molecule has 0 radical (unpaired) electrons. The highest BCUT2D eigenvalue weighted by molar-refractivity contribution is 14.1. The molecule has 0 aliphatic carbocycles. The van der Waals surface area contributed by atoms with Crippen LogP contribution in [0.4, 0.5) is 17.3 Å². The van der Waals surface area contributed by atoms with E-state index < -0.39 is 0 Å². The number of aromatic nitrogens is 1. The number of pyridine rings is 1. The third-order valence-electron chi connectivity index (χ3n) is 2.35. The molecule has 0 aliphatic rings. The monoisotopic (exact) mass is 427 g/mol. The molecule has 1 heterocycles. The fourth-order valence-corrected chi connectivity index (χ4v) is 2.95. The fraction of sp³-hybridized carbons (Fsp3) is 0.0833. The summed E-state index contributed by atoms with van der Waals surface area (Å²) < 4.78 is 0.976. The first kappa shape index (κ1) is 15.0. The van der Waals surface area contributed by atoms with Gasteiger partial charge in [-0.2, -0.15) is 0 Å². The highest BCUT2D eigenvalue weighted by Crippen LogP contribution is 2.32. The molecular formula is C12H9Cl3IN3. The van der Waals surface area contributed by atoms with Gasteiger partial charge in [-0.05, 0) is 46.9 Å². The zero-order valence-corrected chi connectivity index (χ0v) is 14.2. The molecule has 0 atom stereocenters. The highest BCUT2D eigenvalue weighted by atomic mass is 127. The molecule has 2 rings (SSSR count). The number of anilines is 3. The Morgan fingerprint density at radius 3 is 2.37 bits per heavy atom. The molecule has 0 saturated carbocycles. The van der Waals surface area contributed by atoms with Crippen LogP contribution >= 0.6 is 57.4 Å². The summed E-state index contributed by atoms with van der Waals surface area (Å²) in [6.45, 7) is 0. The first-order valence-corrected chi connectivity index (χ1v) is 7.48. The van der Waals surface area contributed by atoms with E-state index in [1.54, 1.807) is 19.2 Å². The molecule has 0 fully saturated rings. The summed E-state index contributed by atoms with van der Waals surface area (Å²) >= 11 is 20.2. The smallest absolute Gasteiger partial charge is 0.151 e. The minimum absolute atomic E-state index is 0.453. The summed E-state index contributed by atoms with van der Waals surface area (Å²) in [6, 6.07) is 7.17. The first-order valence-electron chi connectivity index (χ1n) is 5.27. The van der Waals surface area contributed by atoms with Gasteiger partial charge in [-0.3, -0.25) is 0 Å². The molecule has 1 aromatic carbocycles. The van der Waals surface area contributed by atoms with Crippen LogP contribution in [0.15, 0.2) is 24.3 Å². The van der Waals surface area contributed by atoms with Crippen LogP contribution in [0.2, 0.25) is 15.1 Å². The zero-order valence-electron chi connectivity index (χ0n) is 9.77. The number of halogens is 4. The molecule has 19 heavy (non-hydrogen) atoms. The standard InChI is InChI=1S/C12H9Cl3IN3/c1-17-11-7(14)5-8(15)12(19-11)18-10-3-2-6(13)4-9(10)16/h2-5H,1H3,(H2,17,18,19). The first-order chi connectivity index (χ1) is 9.01. The Bertz CT molecular complexity index is 619. The molecule has 0 unspecified atom stereocenters. The average molecular weight is 428 g/mol. The Balaban J connectivity index is 2.37. The van der Waals surface area contributed by atoms with E-state index in [0.717, 1.165) is 9.26 Å². The van der Waals surface area contributed by atoms with Gasteiger partial charge in [0.1, 0.15) is 5.82 Å². The zero-order chi connectivity index (χ0) is 14.0. The van der Waals surface area contributed by atoms with Crippen molar-refractivity contribution in [2.24, 2.45) is 0 Å². The predicted octanol–water partition coefficient (Wildman–Crippen LogP) is 5.43. The Morgan fingerprint density at radius 1 is 1.05 bits per heavy atom. The minimum atomic E-state index is 0.453. The van der Waals surface area contributed by atoms with E-state index in [9.17, 15) is 0 Å². The molecule has 2 N–H and O–H groups in total. The van der Waals surface area contributed by atoms with Crippen LogP contribution in [-0.2, 0) is 0 Å². The molecule has 0 bridgehead atoms. The van der Waals surface area contributed by atoms with E-state index in [4.69, 9.17) is 34.8 Å². The number of rotatable bonds is 3. The van der Waals surface area contributed by atoms with Crippen LogP contribution in [0.3, 0.4) is 0 Å². The second kappa shape index (κ2) is 6.35. The molecule has 100 valence electrons. The number of benzene rings is 1. The predicted molar refractivity (Wildman–Crippen MR) is 91.3 cm³/mol. The van der Waals surface area contributed by atoms with Crippen molar-refractivity contribution in [3.63, 3.8) is 0 Å². The lowest BCUT2D eigenvalue weighted by atomic mass is 10.3. The van der Waals surface area contributed by atoms with Crippen LogP contribution in [0.5, 0.6) is 0 Å². The van der Waals surface area contributed by atoms with E-state index in [-0.39, 0.29) is 0 Å². The van der Waals surface area contributed by atoms with E-state index in [0.29, 0.717) is 26.7 Å². The normalized spacial score (nSPS) is 10.4. The van der Waals surface area contributed by atoms with Crippen molar-refractivity contribution in [3.8, 4) is 0 Å². The van der Waals surface area contributed by atoms with Crippen LogP contribution in [0.1, 0.15) is 0 Å². The van der Waals surface area contributed by atoms with Gasteiger partial charge in [0, 0.05) is 15.6 Å². The van der Waals surface area contributed by atoms with Crippen LogP contribution in [0.25, 0.3) is 0 Å². The largest absolute Gasteiger partial charge is 0.372 e. The molecular weight excluding hydrogens is 419 g/mol. The molecule has 0 saturated heterocycles. The lowest BCUT2D eigenvalue weighted by Gasteiger charge is -2.12. The molecule has 3 nitrogen and oxygen atoms in total. The van der Waals surface area contributed by atoms with Gasteiger partial charge in [0.25, 0.3) is 0 Å². The van der Waals surface area contributed by atoms with Crippen molar-refractivity contribution >= 4 is 74.7 Å². The van der Waals surface area contributed by atoms with Crippen molar-refractivity contribution in [2.45, 2.75) is 0 Å². The van der Waals surface area contributed by atoms with E-state index in [2.05, 4.69) is 38.2 Å². The third kappa shape index (κ3) is 3.56. The molecule has 7 heteroatoms. The second-order valence-corrected chi connectivity index (χ2v) is 6.06. The van der Waals surface area contributed by atoms with Gasteiger partial charge in [-0.25, -0.2) is 4.98 Å². The van der Waals surface area contributed by atoms with Gasteiger partial charge in [0.15, 0.2) is 5.82 Å². The average Bonchev–Trinajstić information content (AvgIpc) is 2.35. The number of hydrogen-bond acceptors (Lipinski definition) is 3. The molecule has 0 aliphatic heterocycles. The Labute approximate surface area is 139 Å². The third-order valence-corrected chi connectivity index (χ3v) is 4.05. The fourth-order valence-electron chi connectivity index (χ4n) is 1.45. The van der Waals surface area contributed by atoms with Crippen molar-refractivity contribution in [3.05, 3.63) is 42.9 Å². The quantitative estimate of drug-likeness (QED) is 0.640. The Kier molecular flexibility index (Phi) is 5.00. The Morgan fingerprint density at radius 2 is 1.74 bits per heavy atom. The summed E-state index contributed by atoms with van der Waals surface area (Å²) in [5.74, 6) is 1.10. The highest BCUT2D eigenvalue weighted by Gasteiger charge is 2.10. The SMILES string of the molecule is CNc1nc(Nc2ccc(Cl)cc2I)c(Cl)cc1Cl. The summed E-state index contributed by atoms with van der Waals surface area (Å²) in [6.07, 6.45) is 0. The maximum absolute atomic E-state index is 6.13. The molecule has 0 amide bonds. The summed E-state index contributed by atoms with van der Waals surface area (Å²) in [5, 5.41) is 7.68. The van der Waals surface area contributed by atoms with Crippen LogP contribution in [-0.4, -0.2) is 12.0 Å². The number of hydrogen-bond donors (Lipinski definition) is 2. The van der Waals surface area contributed by atoms with E-state index in [1.165, 1.54) is 0 Å². The summed E-state index contributed by atoms with van der Waals surface area (Å²) in [7, 11) is 1.75. The van der Waals surface area contributed by atoms with Crippen molar-refractivity contribution < 1.29 is 0 Å². The molecule has 1 aromatic heterocycles. The molecule has 0 spiro atoms. The van der Waals surface area contributed by atoms with Crippen LogP contribution < -0.4 is 10.6 Å². The van der Waals surface area contributed by atoms with Crippen LogP contribution in [0, 0.1) is 3.57 Å². The number of nitrogens with one attached hydrogen (secondary N) is 2. The molecule has 2 aromatic rings. The van der Waals surface area contributed by atoms with Crippen molar-refractivity contribution in [1.82, 2.24) is 4.98 Å². The van der Waals surface area contributed by atoms with Gasteiger partial charge in [0.2, 0.25) is 0 Å². The lowest BCUT2D eigenvalue weighted by molar-refractivity contribution is 1.27.